The molecule has 3 rings (SSSR count). The van der Waals surface area contributed by atoms with Crippen molar-refractivity contribution in [2.75, 3.05) is 16.8 Å². The second-order valence-electron chi connectivity index (χ2n) is 7.19. The summed E-state index contributed by atoms with van der Waals surface area (Å²) in [5.41, 5.74) is 3.32. The van der Waals surface area contributed by atoms with Crippen molar-refractivity contribution in [3.05, 3.63) is 53.6 Å². The van der Waals surface area contributed by atoms with Gasteiger partial charge in [-0.15, -0.1) is 0 Å². The first kappa shape index (κ1) is 20.1. The molecule has 1 N–H and O–H groups in total. The highest BCUT2D eigenvalue weighted by Gasteiger charge is 2.29. The standard InChI is InChI=1S/C21H24N2O4S/c1-14-4-6-18(7-5-14)22-21(25)12-15(2)28(26,27)19-8-9-20-17(13-19)10-11-23(20)16(3)24/h4-9,13,15H,10-12H2,1-3H3,(H,22,25)/t15-/m1/s1. The van der Waals surface area contributed by atoms with Gasteiger partial charge in [0.2, 0.25) is 11.8 Å². The molecule has 0 fully saturated rings. The summed E-state index contributed by atoms with van der Waals surface area (Å²) >= 11 is 0. The predicted octanol–water partition coefficient (Wildman–Crippen LogP) is 3.10. The van der Waals surface area contributed by atoms with E-state index in [1.54, 1.807) is 36.1 Å². The lowest BCUT2D eigenvalue weighted by molar-refractivity contribution is -0.117. The minimum Gasteiger partial charge on any atom is -0.326 e. The van der Waals surface area contributed by atoms with Gasteiger partial charge in [0.15, 0.2) is 9.84 Å². The lowest BCUT2D eigenvalue weighted by Crippen LogP contribution is -2.26. The lowest BCUT2D eigenvalue weighted by Gasteiger charge is -2.16. The summed E-state index contributed by atoms with van der Waals surface area (Å²) in [6.07, 6.45) is 0.493. The number of nitrogens with one attached hydrogen (secondary N) is 1. The Bertz CT molecular complexity index is 1010. The van der Waals surface area contributed by atoms with Crippen molar-refractivity contribution >= 4 is 33.0 Å². The molecule has 148 valence electrons. The van der Waals surface area contributed by atoms with Crippen LogP contribution < -0.4 is 10.2 Å². The van der Waals surface area contributed by atoms with Crippen molar-refractivity contribution in [2.24, 2.45) is 0 Å². The van der Waals surface area contributed by atoms with Crippen molar-refractivity contribution in [3.63, 3.8) is 0 Å². The number of carbonyl (C=O) groups is 2. The summed E-state index contributed by atoms with van der Waals surface area (Å²) in [5.74, 6) is -0.403. The van der Waals surface area contributed by atoms with Gasteiger partial charge in [-0.2, -0.15) is 0 Å². The number of benzene rings is 2. The Morgan fingerprint density at radius 3 is 2.46 bits per heavy atom. The summed E-state index contributed by atoms with van der Waals surface area (Å²) in [5, 5.41) is 1.88. The van der Waals surface area contributed by atoms with E-state index in [1.807, 2.05) is 19.1 Å². The van der Waals surface area contributed by atoms with Crippen LogP contribution in [0.5, 0.6) is 0 Å². The van der Waals surface area contributed by atoms with Gasteiger partial charge in [-0.05, 0) is 56.2 Å². The Morgan fingerprint density at radius 2 is 1.82 bits per heavy atom. The van der Waals surface area contributed by atoms with E-state index < -0.39 is 15.1 Å². The van der Waals surface area contributed by atoms with Gasteiger partial charge in [0.1, 0.15) is 0 Å². The number of carbonyl (C=O) groups excluding carboxylic acids is 2. The summed E-state index contributed by atoms with van der Waals surface area (Å²) in [7, 11) is -3.66. The van der Waals surface area contributed by atoms with Crippen LogP contribution in [0.4, 0.5) is 11.4 Å². The number of sulfone groups is 1. The van der Waals surface area contributed by atoms with E-state index in [4.69, 9.17) is 0 Å². The molecule has 0 aromatic heterocycles. The SMILES string of the molecule is CC(=O)N1CCc2cc(S(=O)(=O)[C@H](C)CC(=O)Nc3ccc(C)cc3)ccc21. The Kier molecular flexibility index (Phi) is 5.56. The Morgan fingerprint density at radius 1 is 1.14 bits per heavy atom. The molecule has 1 heterocycles. The van der Waals surface area contributed by atoms with Gasteiger partial charge in [0, 0.05) is 31.3 Å². The van der Waals surface area contributed by atoms with E-state index in [-0.39, 0.29) is 23.1 Å². The number of nitrogens with zero attached hydrogens (tertiary/aromatic N) is 1. The highest BCUT2D eigenvalue weighted by atomic mass is 32.2. The number of amides is 2. The van der Waals surface area contributed by atoms with Crippen molar-refractivity contribution in [3.8, 4) is 0 Å². The fourth-order valence-corrected chi connectivity index (χ4v) is 4.73. The van der Waals surface area contributed by atoms with E-state index in [2.05, 4.69) is 5.32 Å². The Labute approximate surface area is 165 Å². The number of aryl methyl sites for hydroxylation is 1. The molecule has 1 aliphatic heterocycles. The van der Waals surface area contributed by atoms with Crippen molar-refractivity contribution < 1.29 is 18.0 Å². The van der Waals surface area contributed by atoms with Crippen molar-refractivity contribution in [2.45, 2.75) is 43.8 Å². The van der Waals surface area contributed by atoms with Gasteiger partial charge < -0.3 is 10.2 Å². The minimum absolute atomic E-state index is 0.0597. The van der Waals surface area contributed by atoms with Crippen LogP contribution >= 0.6 is 0 Å². The first-order valence-corrected chi connectivity index (χ1v) is 10.7. The third-order valence-corrected chi connectivity index (χ3v) is 7.13. The zero-order chi connectivity index (χ0) is 20.5. The van der Waals surface area contributed by atoms with E-state index in [1.165, 1.54) is 13.0 Å². The molecule has 0 saturated carbocycles. The highest BCUT2D eigenvalue weighted by Crippen LogP contribution is 2.31. The zero-order valence-electron chi connectivity index (χ0n) is 16.2. The van der Waals surface area contributed by atoms with Gasteiger partial charge in [-0.3, -0.25) is 9.59 Å². The minimum atomic E-state index is -3.66. The van der Waals surface area contributed by atoms with Gasteiger partial charge in [-0.1, -0.05) is 17.7 Å². The molecule has 1 atom stereocenters. The molecule has 1 aliphatic rings. The van der Waals surface area contributed by atoms with Crippen molar-refractivity contribution in [1.29, 1.82) is 0 Å². The molecule has 0 spiro atoms. The molecule has 0 aliphatic carbocycles. The Hall–Kier alpha value is -2.67. The molecule has 2 aromatic rings. The Balaban J connectivity index is 1.72. The third-order valence-electron chi connectivity index (χ3n) is 4.99. The summed E-state index contributed by atoms with van der Waals surface area (Å²) < 4.78 is 25.8. The maximum absolute atomic E-state index is 12.9. The molecular formula is C21H24N2O4S. The fourth-order valence-electron chi connectivity index (χ4n) is 3.33. The molecule has 0 saturated heterocycles. The van der Waals surface area contributed by atoms with E-state index >= 15 is 0 Å². The maximum atomic E-state index is 12.9. The second kappa shape index (κ2) is 7.75. The number of hydrogen-bond donors (Lipinski definition) is 1. The van der Waals surface area contributed by atoms with Gasteiger partial charge in [0.05, 0.1) is 10.1 Å². The first-order chi connectivity index (χ1) is 13.2. The molecule has 0 bridgehead atoms. The largest absolute Gasteiger partial charge is 0.326 e. The topological polar surface area (TPSA) is 83.6 Å². The molecule has 6 nitrogen and oxygen atoms in total. The van der Waals surface area contributed by atoms with Gasteiger partial charge in [-0.25, -0.2) is 8.42 Å². The van der Waals surface area contributed by atoms with E-state index in [0.29, 0.717) is 18.7 Å². The van der Waals surface area contributed by atoms with Crippen molar-refractivity contribution in [1.82, 2.24) is 0 Å². The highest BCUT2D eigenvalue weighted by molar-refractivity contribution is 7.92. The van der Waals surface area contributed by atoms with Crippen LogP contribution in [-0.2, 0) is 25.8 Å². The predicted molar refractivity (Wildman–Crippen MR) is 109 cm³/mol. The zero-order valence-corrected chi connectivity index (χ0v) is 17.0. The molecule has 0 unspecified atom stereocenters. The fraction of sp³-hybridized carbons (Fsp3) is 0.333. The number of hydrogen-bond acceptors (Lipinski definition) is 4. The van der Waals surface area contributed by atoms with E-state index in [9.17, 15) is 18.0 Å². The normalized spacial score (nSPS) is 14.5. The molecular weight excluding hydrogens is 376 g/mol. The number of fused-ring (bicyclic) bond motifs is 1. The number of anilines is 2. The van der Waals surface area contributed by atoms with Crippen LogP contribution in [0.3, 0.4) is 0 Å². The van der Waals surface area contributed by atoms with Crippen LogP contribution in [-0.4, -0.2) is 32.0 Å². The number of rotatable bonds is 5. The average molecular weight is 401 g/mol. The molecule has 0 radical (unpaired) electrons. The second-order valence-corrected chi connectivity index (χ2v) is 9.55. The first-order valence-electron chi connectivity index (χ1n) is 9.20. The van der Waals surface area contributed by atoms with Crippen LogP contribution in [0.2, 0.25) is 0 Å². The molecule has 2 aromatic carbocycles. The smallest absolute Gasteiger partial charge is 0.225 e. The van der Waals surface area contributed by atoms with Crippen LogP contribution in [0, 0.1) is 6.92 Å². The van der Waals surface area contributed by atoms with Crippen LogP contribution in [0.25, 0.3) is 0 Å². The maximum Gasteiger partial charge on any atom is 0.225 e. The molecule has 28 heavy (non-hydrogen) atoms. The third kappa shape index (κ3) is 4.09. The monoisotopic (exact) mass is 400 g/mol. The summed E-state index contributed by atoms with van der Waals surface area (Å²) in [6.45, 7) is 5.54. The molecule has 2 amide bonds. The lowest BCUT2D eigenvalue weighted by atomic mass is 10.2. The summed E-state index contributed by atoms with van der Waals surface area (Å²) in [4.78, 5) is 25.8. The molecule has 7 heteroatoms. The van der Waals surface area contributed by atoms with Crippen LogP contribution in [0.1, 0.15) is 31.4 Å². The van der Waals surface area contributed by atoms with Gasteiger partial charge >= 0.3 is 0 Å². The average Bonchev–Trinajstić information content (AvgIpc) is 3.07. The quantitative estimate of drug-likeness (QED) is 0.836. The summed E-state index contributed by atoms with van der Waals surface area (Å²) in [6, 6.07) is 12.2. The van der Waals surface area contributed by atoms with Crippen LogP contribution in [0.15, 0.2) is 47.4 Å². The van der Waals surface area contributed by atoms with E-state index in [0.717, 1.165) is 16.8 Å². The van der Waals surface area contributed by atoms with Gasteiger partial charge in [0.25, 0.3) is 0 Å².